The van der Waals surface area contributed by atoms with Gasteiger partial charge in [-0.1, -0.05) is 42.1 Å². The average molecular weight is 307 g/mol. The molecule has 1 aromatic carbocycles. The molecule has 0 atom stereocenters. The van der Waals surface area contributed by atoms with E-state index in [1.54, 1.807) is 19.1 Å². The van der Waals surface area contributed by atoms with Gasteiger partial charge in [0.15, 0.2) is 0 Å². The number of Topliss-reactive ketones (excluding diaryl/α,β-unsaturated/α-hetero) is 1. The van der Waals surface area contributed by atoms with Crippen LogP contribution in [0, 0.1) is 0 Å². The fourth-order valence-electron chi connectivity index (χ4n) is 1.74. The zero-order chi connectivity index (χ0) is 15.5. The minimum absolute atomic E-state index is 0.0197. The molecule has 0 saturated heterocycles. The molecule has 0 aliphatic heterocycles. The molecule has 1 N–H and O–H groups in total. The Bertz CT molecular complexity index is 474. The van der Waals surface area contributed by atoms with E-state index < -0.39 is 0 Å². The van der Waals surface area contributed by atoms with Gasteiger partial charge >= 0.3 is 0 Å². The summed E-state index contributed by atoms with van der Waals surface area (Å²) in [5.41, 5.74) is 0.679. The van der Waals surface area contributed by atoms with E-state index in [9.17, 15) is 14.4 Å². The molecule has 1 amide bonds. The number of thioether (sulfide) groups is 1. The number of rotatable bonds is 9. The van der Waals surface area contributed by atoms with Crippen molar-refractivity contribution in [2.45, 2.75) is 32.6 Å². The van der Waals surface area contributed by atoms with E-state index in [0.717, 1.165) is 12.8 Å². The Morgan fingerprint density at radius 1 is 1.05 bits per heavy atom. The molecule has 0 aliphatic rings. The lowest BCUT2D eigenvalue weighted by molar-refractivity contribution is -0.121. The highest BCUT2D eigenvalue weighted by Crippen LogP contribution is 2.11. The van der Waals surface area contributed by atoms with Crippen LogP contribution < -0.4 is 5.32 Å². The molecular formula is C16H21NO3S. The van der Waals surface area contributed by atoms with E-state index in [-0.39, 0.29) is 16.8 Å². The normalized spacial score (nSPS) is 10.1. The molecular weight excluding hydrogens is 286 g/mol. The number of unbranched alkanes of at least 4 members (excludes halogenated alkanes) is 1. The average Bonchev–Trinajstić information content (AvgIpc) is 2.48. The summed E-state index contributed by atoms with van der Waals surface area (Å²) in [4.78, 5) is 34.0. The van der Waals surface area contributed by atoms with Crippen molar-refractivity contribution >= 4 is 28.6 Å². The number of hydrogen-bond acceptors (Lipinski definition) is 4. The summed E-state index contributed by atoms with van der Waals surface area (Å²) in [5, 5.41) is 2.80. The van der Waals surface area contributed by atoms with Crippen LogP contribution in [0.5, 0.6) is 0 Å². The molecule has 5 heteroatoms. The fraction of sp³-hybridized carbons (Fsp3) is 0.438. The number of hydrogen-bond donors (Lipinski definition) is 1. The first-order chi connectivity index (χ1) is 10.1. The number of nitrogens with one attached hydrogen (secondary N) is 1. The quantitative estimate of drug-likeness (QED) is 0.713. The first kappa shape index (κ1) is 17.4. The maximum atomic E-state index is 11.8. The fourth-order valence-corrected chi connectivity index (χ4v) is 2.43. The highest BCUT2D eigenvalue weighted by atomic mass is 32.2. The Balaban J connectivity index is 2.07. The van der Waals surface area contributed by atoms with Gasteiger partial charge in [0.2, 0.25) is 11.0 Å². The number of ketones is 1. The molecule has 0 bridgehead atoms. The van der Waals surface area contributed by atoms with Crippen molar-refractivity contribution in [3.8, 4) is 0 Å². The van der Waals surface area contributed by atoms with E-state index in [2.05, 4.69) is 5.32 Å². The lowest BCUT2D eigenvalue weighted by Crippen LogP contribution is -2.25. The third kappa shape index (κ3) is 8.30. The summed E-state index contributed by atoms with van der Waals surface area (Å²) in [7, 11) is 0. The highest BCUT2D eigenvalue weighted by molar-refractivity contribution is 8.14. The van der Waals surface area contributed by atoms with Gasteiger partial charge in [0.05, 0.1) is 0 Å². The zero-order valence-corrected chi connectivity index (χ0v) is 13.1. The van der Waals surface area contributed by atoms with Crippen LogP contribution in [0.2, 0.25) is 0 Å². The Morgan fingerprint density at radius 2 is 1.71 bits per heavy atom. The third-order valence-corrected chi connectivity index (χ3v) is 3.76. The standard InChI is InChI=1S/C16H21NO3S/c1-13(18)7-5-6-10-15(19)17-11-12-21-16(20)14-8-3-2-4-9-14/h2-4,8-9H,5-7,10-12H2,1H3,(H,17,19). The lowest BCUT2D eigenvalue weighted by atomic mass is 10.1. The molecule has 0 heterocycles. The molecule has 0 aromatic heterocycles. The molecule has 0 aliphatic carbocycles. The van der Waals surface area contributed by atoms with Gasteiger partial charge in [-0.05, 0) is 19.8 Å². The Morgan fingerprint density at radius 3 is 2.38 bits per heavy atom. The van der Waals surface area contributed by atoms with Gasteiger partial charge < -0.3 is 10.1 Å². The maximum Gasteiger partial charge on any atom is 0.220 e. The zero-order valence-electron chi connectivity index (χ0n) is 12.3. The monoisotopic (exact) mass is 307 g/mol. The molecule has 1 rings (SSSR count). The molecule has 0 spiro atoms. The number of amides is 1. The van der Waals surface area contributed by atoms with Crippen LogP contribution in [0.4, 0.5) is 0 Å². The third-order valence-electron chi connectivity index (χ3n) is 2.85. The Hall–Kier alpha value is -1.62. The van der Waals surface area contributed by atoms with Crippen LogP contribution in [0.3, 0.4) is 0 Å². The second-order valence-electron chi connectivity index (χ2n) is 4.76. The van der Waals surface area contributed by atoms with Gasteiger partial charge in [-0.15, -0.1) is 0 Å². The second-order valence-corrected chi connectivity index (χ2v) is 5.83. The summed E-state index contributed by atoms with van der Waals surface area (Å²) in [6.45, 7) is 2.04. The Labute approximate surface area is 129 Å². The van der Waals surface area contributed by atoms with E-state index >= 15 is 0 Å². The van der Waals surface area contributed by atoms with E-state index in [1.807, 2.05) is 18.2 Å². The van der Waals surface area contributed by atoms with Crippen molar-refractivity contribution in [2.24, 2.45) is 0 Å². The van der Waals surface area contributed by atoms with Crippen molar-refractivity contribution < 1.29 is 14.4 Å². The molecule has 0 saturated carbocycles. The van der Waals surface area contributed by atoms with Crippen molar-refractivity contribution in [3.05, 3.63) is 35.9 Å². The van der Waals surface area contributed by atoms with E-state index in [0.29, 0.717) is 30.7 Å². The van der Waals surface area contributed by atoms with Crippen LogP contribution in [0.1, 0.15) is 43.0 Å². The smallest absolute Gasteiger partial charge is 0.220 e. The summed E-state index contributed by atoms with van der Waals surface area (Å²) < 4.78 is 0. The summed E-state index contributed by atoms with van der Waals surface area (Å²) in [6, 6.07) is 9.09. The van der Waals surface area contributed by atoms with Gasteiger partial charge in [-0.2, -0.15) is 0 Å². The topological polar surface area (TPSA) is 63.2 Å². The van der Waals surface area contributed by atoms with Crippen LogP contribution in [-0.2, 0) is 9.59 Å². The van der Waals surface area contributed by atoms with Crippen molar-refractivity contribution in [2.75, 3.05) is 12.3 Å². The van der Waals surface area contributed by atoms with Crippen LogP contribution >= 0.6 is 11.8 Å². The van der Waals surface area contributed by atoms with Crippen LogP contribution in [-0.4, -0.2) is 29.1 Å². The summed E-state index contributed by atoms with van der Waals surface area (Å²) >= 11 is 1.21. The molecule has 4 nitrogen and oxygen atoms in total. The lowest BCUT2D eigenvalue weighted by Gasteiger charge is -2.04. The van der Waals surface area contributed by atoms with Crippen molar-refractivity contribution in [1.29, 1.82) is 0 Å². The SMILES string of the molecule is CC(=O)CCCCC(=O)NCCSC(=O)c1ccccc1. The Kier molecular flexibility index (Phi) is 8.43. The minimum atomic E-state index is -0.0219. The first-order valence-corrected chi connectivity index (χ1v) is 8.06. The molecule has 114 valence electrons. The van der Waals surface area contributed by atoms with Crippen molar-refractivity contribution in [3.63, 3.8) is 0 Å². The minimum Gasteiger partial charge on any atom is -0.355 e. The molecule has 0 unspecified atom stereocenters. The molecule has 0 radical (unpaired) electrons. The first-order valence-electron chi connectivity index (χ1n) is 7.08. The van der Waals surface area contributed by atoms with Gasteiger partial charge in [0.1, 0.15) is 5.78 Å². The predicted octanol–water partition coefficient (Wildman–Crippen LogP) is 2.83. The predicted molar refractivity (Wildman–Crippen MR) is 85.4 cm³/mol. The van der Waals surface area contributed by atoms with E-state index in [1.165, 1.54) is 11.8 Å². The van der Waals surface area contributed by atoms with E-state index in [4.69, 9.17) is 0 Å². The van der Waals surface area contributed by atoms with Crippen molar-refractivity contribution in [1.82, 2.24) is 5.32 Å². The second kappa shape index (κ2) is 10.2. The maximum absolute atomic E-state index is 11.8. The number of benzene rings is 1. The molecule has 21 heavy (non-hydrogen) atoms. The molecule has 1 aromatic rings. The van der Waals surface area contributed by atoms with Gasteiger partial charge in [-0.3, -0.25) is 9.59 Å². The van der Waals surface area contributed by atoms with Gasteiger partial charge in [0, 0.05) is 30.7 Å². The van der Waals surface area contributed by atoms with Gasteiger partial charge in [-0.25, -0.2) is 0 Å². The van der Waals surface area contributed by atoms with Crippen LogP contribution in [0.25, 0.3) is 0 Å². The van der Waals surface area contributed by atoms with Crippen LogP contribution in [0.15, 0.2) is 30.3 Å². The largest absolute Gasteiger partial charge is 0.355 e. The highest BCUT2D eigenvalue weighted by Gasteiger charge is 2.06. The van der Waals surface area contributed by atoms with Gasteiger partial charge in [0.25, 0.3) is 0 Å². The number of carbonyl (C=O) groups excluding carboxylic acids is 3. The summed E-state index contributed by atoms with van der Waals surface area (Å²) in [5.74, 6) is 0.699. The number of carbonyl (C=O) groups is 3. The summed E-state index contributed by atoms with van der Waals surface area (Å²) in [6.07, 6.45) is 2.45. The molecule has 0 fully saturated rings.